The van der Waals surface area contributed by atoms with Crippen molar-refractivity contribution in [2.24, 2.45) is 5.41 Å². The molecule has 146 valence electrons. The van der Waals surface area contributed by atoms with Crippen molar-refractivity contribution in [3.05, 3.63) is 46.6 Å². The van der Waals surface area contributed by atoms with Crippen LogP contribution in [-0.4, -0.2) is 52.5 Å². The number of H-pyrrole nitrogens is 1. The van der Waals surface area contributed by atoms with Crippen molar-refractivity contribution in [1.29, 1.82) is 0 Å². The molecular weight excluding hydrogens is 397 g/mol. The number of nitrogens with one attached hydrogen (secondary N) is 1. The molecule has 1 saturated carbocycles. The molecule has 0 atom stereocenters. The first-order chi connectivity index (χ1) is 13.5. The highest BCUT2D eigenvalue weighted by atomic mass is 35.5. The summed E-state index contributed by atoms with van der Waals surface area (Å²) in [5.41, 5.74) is 2.99. The number of aromatic amines is 1. The number of fused-ring (bicyclic) bond motifs is 1. The van der Waals surface area contributed by atoms with E-state index in [1.165, 1.54) is 0 Å². The number of benzene rings is 2. The summed E-state index contributed by atoms with van der Waals surface area (Å²) < 4.78 is 5.89. The molecule has 1 aliphatic heterocycles. The summed E-state index contributed by atoms with van der Waals surface area (Å²) >= 11 is 12.9. The van der Waals surface area contributed by atoms with E-state index in [2.05, 4.69) is 15.1 Å². The second-order valence-corrected chi connectivity index (χ2v) is 8.81. The Hall–Kier alpha value is -1.79. The standard InChI is InChI=1S/C21H21Cl2N3O2/c22-18-7-16(19(23)20-17(18)10-24-25-20)13-1-3-15(4-2-13)28-6-5-26-11-21(12-26)8-14(27)9-21/h1-4,7,10,14,27H,5-6,8-9,11-12H2,(H,24,25). The highest BCUT2D eigenvalue weighted by Crippen LogP contribution is 2.48. The minimum absolute atomic E-state index is 0.0747. The van der Waals surface area contributed by atoms with Gasteiger partial charge in [0.2, 0.25) is 0 Å². The predicted octanol–water partition coefficient (Wildman–Crippen LogP) is 4.37. The van der Waals surface area contributed by atoms with Crippen LogP contribution in [0.2, 0.25) is 10.0 Å². The molecule has 0 bridgehead atoms. The van der Waals surface area contributed by atoms with Crippen molar-refractivity contribution in [1.82, 2.24) is 15.1 Å². The largest absolute Gasteiger partial charge is 0.492 e. The molecule has 5 nitrogen and oxygen atoms in total. The smallest absolute Gasteiger partial charge is 0.119 e. The first-order valence-electron chi connectivity index (χ1n) is 9.48. The molecule has 0 amide bonds. The minimum Gasteiger partial charge on any atom is -0.492 e. The van der Waals surface area contributed by atoms with Crippen LogP contribution in [0, 0.1) is 5.41 Å². The van der Waals surface area contributed by atoms with Crippen LogP contribution < -0.4 is 4.74 Å². The lowest BCUT2D eigenvalue weighted by Gasteiger charge is -2.57. The maximum atomic E-state index is 9.47. The van der Waals surface area contributed by atoms with Crippen LogP contribution in [-0.2, 0) is 0 Å². The number of rotatable bonds is 5. The number of aliphatic hydroxyl groups excluding tert-OH is 1. The van der Waals surface area contributed by atoms with E-state index >= 15 is 0 Å². The molecule has 5 rings (SSSR count). The van der Waals surface area contributed by atoms with Crippen LogP contribution in [0.25, 0.3) is 22.0 Å². The van der Waals surface area contributed by atoms with Gasteiger partial charge in [-0.2, -0.15) is 5.10 Å². The molecule has 2 aliphatic rings. The number of ether oxygens (including phenoxy) is 1. The fraction of sp³-hybridized carbons (Fsp3) is 0.381. The van der Waals surface area contributed by atoms with Gasteiger partial charge in [0, 0.05) is 36.0 Å². The molecular formula is C21H21Cl2N3O2. The summed E-state index contributed by atoms with van der Waals surface area (Å²) in [6.45, 7) is 3.74. The fourth-order valence-electron chi connectivity index (χ4n) is 4.53. The second kappa shape index (κ2) is 6.92. The van der Waals surface area contributed by atoms with E-state index in [0.29, 0.717) is 22.1 Å². The van der Waals surface area contributed by atoms with Crippen LogP contribution >= 0.6 is 23.2 Å². The molecule has 1 aromatic heterocycles. The maximum absolute atomic E-state index is 9.47. The third kappa shape index (κ3) is 3.16. The van der Waals surface area contributed by atoms with Gasteiger partial charge in [0.15, 0.2) is 0 Å². The first kappa shape index (κ1) is 18.3. The monoisotopic (exact) mass is 417 g/mol. The minimum atomic E-state index is -0.0747. The number of halogens is 2. The molecule has 2 heterocycles. The SMILES string of the molecule is OC1CC2(C1)CN(CCOc1ccc(-c3cc(Cl)c4cn[nH]c4c3Cl)cc1)C2. The van der Waals surface area contributed by atoms with Gasteiger partial charge >= 0.3 is 0 Å². The van der Waals surface area contributed by atoms with E-state index in [-0.39, 0.29) is 6.10 Å². The van der Waals surface area contributed by atoms with Crippen LogP contribution in [0.4, 0.5) is 0 Å². The third-order valence-electron chi connectivity index (χ3n) is 5.92. The van der Waals surface area contributed by atoms with Crippen molar-refractivity contribution >= 4 is 34.1 Å². The Balaban J connectivity index is 1.20. The normalized spacial score (nSPS) is 19.0. The van der Waals surface area contributed by atoms with Crippen molar-refractivity contribution in [3.8, 4) is 16.9 Å². The summed E-state index contributed by atoms with van der Waals surface area (Å²) in [6, 6.07) is 9.76. The van der Waals surface area contributed by atoms with Gasteiger partial charge in [-0.1, -0.05) is 35.3 Å². The lowest BCUT2D eigenvalue weighted by Crippen LogP contribution is -2.64. The summed E-state index contributed by atoms with van der Waals surface area (Å²) in [4.78, 5) is 2.39. The van der Waals surface area contributed by atoms with E-state index < -0.39 is 0 Å². The lowest BCUT2D eigenvalue weighted by atomic mass is 9.62. The summed E-state index contributed by atoms with van der Waals surface area (Å²) in [5, 5.41) is 18.5. The molecule has 28 heavy (non-hydrogen) atoms. The Morgan fingerprint density at radius 3 is 2.68 bits per heavy atom. The Labute approximate surface area is 173 Å². The van der Waals surface area contributed by atoms with Crippen LogP contribution in [0.3, 0.4) is 0 Å². The van der Waals surface area contributed by atoms with E-state index in [1.807, 2.05) is 30.3 Å². The van der Waals surface area contributed by atoms with Crippen molar-refractivity contribution in [2.45, 2.75) is 18.9 Å². The van der Waals surface area contributed by atoms with E-state index in [4.69, 9.17) is 27.9 Å². The topological polar surface area (TPSA) is 61.4 Å². The highest BCUT2D eigenvalue weighted by molar-refractivity contribution is 6.42. The quantitative estimate of drug-likeness (QED) is 0.646. The van der Waals surface area contributed by atoms with Crippen LogP contribution in [0.15, 0.2) is 36.5 Å². The van der Waals surface area contributed by atoms with Gasteiger partial charge in [-0.25, -0.2) is 0 Å². The number of hydrogen-bond acceptors (Lipinski definition) is 4. The molecule has 2 fully saturated rings. The lowest BCUT2D eigenvalue weighted by molar-refractivity contribution is -0.129. The van der Waals surface area contributed by atoms with E-state index in [0.717, 1.165) is 60.3 Å². The highest BCUT2D eigenvalue weighted by Gasteiger charge is 2.51. The van der Waals surface area contributed by atoms with Crippen LogP contribution in [0.5, 0.6) is 5.75 Å². The van der Waals surface area contributed by atoms with Gasteiger partial charge in [0.25, 0.3) is 0 Å². The zero-order valence-corrected chi connectivity index (χ0v) is 16.8. The number of aromatic nitrogens is 2. The molecule has 1 spiro atoms. The first-order valence-corrected chi connectivity index (χ1v) is 10.2. The van der Waals surface area contributed by atoms with Gasteiger partial charge in [-0.05, 0) is 36.6 Å². The summed E-state index contributed by atoms with van der Waals surface area (Å²) in [6.07, 6.45) is 3.53. The van der Waals surface area contributed by atoms with Crippen molar-refractivity contribution in [3.63, 3.8) is 0 Å². The maximum Gasteiger partial charge on any atom is 0.119 e. The number of nitrogens with zero attached hydrogens (tertiary/aromatic N) is 2. The molecule has 0 unspecified atom stereocenters. The Morgan fingerprint density at radius 1 is 1.21 bits per heavy atom. The molecule has 0 radical (unpaired) electrons. The molecule has 2 N–H and O–H groups in total. The van der Waals surface area contributed by atoms with Crippen molar-refractivity contribution in [2.75, 3.05) is 26.2 Å². The molecule has 7 heteroatoms. The van der Waals surface area contributed by atoms with Gasteiger partial charge < -0.3 is 9.84 Å². The van der Waals surface area contributed by atoms with Gasteiger partial charge in [0.05, 0.1) is 27.9 Å². The van der Waals surface area contributed by atoms with Gasteiger partial charge in [-0.3, -0.25) is 10.00 Å². The molecule has 2 aromatic carbocycles. The average Bonchev–Trinajstić information content (AvgIpc) is 3.13. The summed E-state index contributed by atoms with van der Waals surface area (Å²) in [7, 11) is 0. The zero-order valence-electron chi connectivity index (χ0n) is 15.3. The van der Waals surface area contributed by atoms with Crippen molar-refractivity contribution < 1.29 is 9.84 Å². The van der Waals surface area contributed by atoms with E-state index in [9.17, 15) is 5.11 Å². The van der Waals surface area contributed by atoms with Gasteiger partial charge in [-0.15, -0.1) is 0 Å². The average molecular weight is 418 g/mol. The second-order valence-electron chi connectivity index (χ2n) is 8.02. The Bertz CT molecular complexity index is 1000. The molecule has 1 saturated heterocycles. The zero-order chi connectivity index (χ0) is 19.3. The number of aliphatic hydroxyl groups is 1. The number of hydrogen-bond donors (Lipinski definition) is 2. The predicted molar refractivity (Wildman–Crippen MR) is 111 cm³/mol. The van der Waals surface area contributed by atoms with E-state index in [1.54, 1.807) is 6.20 Å². The number of likely N-dealkylation sites (tertiary alicyclic amines) is 1. The molecule has 1 aliphatic carbocycles. The molecule has 3 aromatic rings. The fourth-order valence-corrected chi connectivity index (χ4v) is 5.09. The Morgan fingerprint density at radius 2 is 1.96 bits per heavy atom. The Kier molecular flexibility index (Phi) is 4.51. The van der Waals surface area contributed by atoms with Gasteiger partial charge in [0.1, 0.15) is 12.4 Å². The third-order valence-corrected chi connectivity index (χ3v) is 6.63. The summed E-state index contributed by atoms with van der Waals surface area (Å²) in [5.74, 6) is 0.836. The van der Waals surface area contributed by atoms with Crippen LogP contribution in [0.1, 0.15) is 12.8 Å².